The molecule has 5 N–H and O–H groups in total. The number of carbonyl (C=O) groups excluding carboxylic acids is 2. The van der Waals surface area contributed by atoms with Gasteiger partial charge in [-0.3, -0.25) is 9.59 Å². The Morgan fingerprint density at radius 3 is 2.51 bits per heavy atom. The van der Waals surface area contributed by atoms with Crippen molar-refractivity contribution in [3.63, 3.8) is 0 Å². The first-order chi connectivity index (χ1) is 19.6. The van der Waals surface area contributed by atoms with Crippen LogP contribution in [0.4, 0.5) is 0 Å². The van der Waals surface area contributed by atoms with Gasteiger partial charge in [0.05, 0.1) is 0 Å². The number of rotatable bonds is 12. The van der Waals surface area contributed by atoms with Gasteiger partial charge in [-0.15, -0.1) is 5.10 Å². The molecule has 3 aromatic carbocycles. The number of carboxylic acids is 1. The number of benzene rings is 3. The monoisotopic (exact) mass is 581 g/mol. The molecule has 4 aromatic rings. The highest BCUT2D eigenvalue weighted by Crippen LogP contribution is 2.24. The van der Waals surface area contributed by atoms with Crippen LogP contribution in [0.15, 0.2) is 66.7 Å². The molecule has 0 aliphatic carbocycles. The molecule has 0 saturated heterocycles. The first-order valence-corrected chi connectivity index (χ1v) is 13.0. The molecule has 0 bridgehead atoms. The molecule has 1 heterocycles. The number of halogens is 1. The van der Waals surface area contributed by atoms with Gasteiger partial charge in [-0.05, 0) is 65.6 Å². The summed E-state index contributed by atoms with van der Waals surface area (Å²) in [6.45, 7) is 0.997. The number of aliphatic hydroxyl groups is 1. The fraction of sp³-hybridized carbons (Fsp3) is 0.250. The number of nitrogens with two attached hydrogens (primary N) is 1. The van der Waals surface area contributed by atoms with Crippen LogP contribution in [0.5, 0.6) is 0 Å². The van der Waals surface area contributed by atoms with Gasteiger partial charge in [0, 0.05) is 23.0 Å². The van der Waals surface area contributed by atoms with Crippen molar-refractivity contribution in [2.24, 2.45) is 5.73 Å². The van der Waals surface area contributed by atoms with Crippen molar-refractivity contribution in [1.82, 2.24) is 20.5 Å². The van der Waals surface area contributed by atoms with Crippen LogP contribution >= 0.6 is 11.6 Å². The normalized spacial score (nSPS) is 13.3. The fourth-order valence-electron chi connectivity index (χ4n) is 4.02. The highest BCUT2D eigenvalue weighted by molar-refractivity contribution is 6.30. The summed E-state index contributed by atoms with van der Waals surface area (Å²) < 4.78 is 4.87. The van der Waals surface area contributed by atoms with Crippen molar-refractivity contribution in [2.75, 3.05) is 6.79 Å². The third-order valence-corrected chi connectivity index (χ3v) is 6.38. The standard InChI is InChI=1S/C28H28ClN5O7/c1-16(30)28(39)40-15-41-34-24-13-20(9-10-23(24)32-33-34)26(36)31-22(14-25(35)27(37)38)11-17-5-7-18(8-6-17)19-3-2-4-21(29)12-19/h2-10,12-13,16,22,25,35H,11,14-15,30H2,1H3,(H,31,36)(H,37,38)/t16-,22-,25-/m1/s1. The summed E-state index contributed by atoms with van der Waals surface area (Å²) in [5.74, 6) is -2.57. The number of nitrogens with zero attached hydrogens (tertiary/aromatic N) is 3. The first-order valence-electron chi connectivity index (χ1n) is 12.6. The molecule has 0 fully saturated rings. The average Bonchev–Trinajstić information content (AvgIpc) is 3.35. The Labute approximate surface area is 239 Å². The number of aliphatic carboxylic acids is 1. The number of nitrogens with one attached hydrogen (secondary N) is 1. The molecule has 41 heavy (non-hydrogen) atoms. The Bertz CT molecular complexity index is 1540. The van der Waals surface area contributed by atoms with Gasteiger partial charge in [-0.1, -0.05) is 52.8 Å². The predicted octanol–water partition coefficient (Wildman–Crippen LogP) is 2.20. The Morgan fingerprint density at radius 2 is 1.83 bits per heavy atom. The smallest absolute Gasteiger partial charge is 0.332 e. The summed E-state index contributed by atoms with van der Waals surface area (Å²) in [6.07, 6.45) is -1.62. The van der Waals surface area contributed by atoms with Crippen molar-refractivity contribution in [3.8, 4) is 11.1 Å². The van der Waals surface area contributed by atoms with Crippen molar-refractivity contribution < 1.29 is 34.2 Å². The van der Waals surface area contributed by atoms with Gasteiger partial charge in [-0.25, -0.2) is 4.79 Å². The zero-order valence-corrected chi connectivity index (χ0v) is 22.7. The maximum absolute atomic E-state index is 13.2. The molecule has 13 heteroatoms. The van der Waals surface area contributed by atoms with Gasteiger partial charge in [0.2, 0.25) is 0 Å². The molecule has 0 aliphatic rings. The van der Waals surface area contributed by atoms with E-state index >= 15 is 0 Å². The summed E-state index contributed by atoms with van der Waals surface area (Å²) in [7, 11) is 0. The van der Waals surface area contributed by atoms with E-state index in [2.05, 4.69) is 15.6 Å². The van der Waals surface area contributed by atoms with Gasteiger partial charge in [0.1, 0.15) is 17.1 Å². The minimum atomic E-state index is -1.67. The van der Waals surface area contributed by atoms with E-state index in [9.17, 15) is 24.6 Å². The maximum Gasteiger partial charge on any atom is 0.332 e. The molecule has 3 atom stereocenters. The largest absolute Gasteiger partial charge is 0.479 e. The van der Waals surface area contributed by atoms with Gasteiger partial charge in [-0.2, -0.15) is 0 Å². The number of hydrogen-bond acceptors (Lipinski definition) is 9. The quantitative estimate of drug-likeness (QED) is 0.143. The number of amides is 1. The number of carboxylic acid groups (broad SMARTS) is 1. The highest BCUT2D eigenvalue weighted by Gasteiger charge is 2.23. The first kappa shape index (κ1) is 29.5. The highest BCUT2D eigenvalue weighted by atomic mass is 35.5. The Morgan fingerprint density at radius 1 is 1.07 bits per heavy atom. The molecule has 0 spiro atoms. The minimum Gasteiger partial charge on any atom is -0.479 e. The van der Waals surface area contributed by atoms with E-state index in [1.165, 1.54) is 19.1 Å². The zero-order chi connectivity index (χ0) is 29.5. The van der Waals surface area contributed by atoms with Gasteiger partial charge < -0.3 is 30.8 Å². The number of ether oxygens (including phenoxy) is 1. The van der Waals surface area contributed by atoms with E-state index in [1.54, 1.807) is 12.1 Å². The van der Waals surface area contributed by atoms with Crippen LogP contribution in [-0.2, 0) is 20.7 Å². The van der Waals surface area contributed by atoms with E-state index < -0.39 is 42.8 Å². The lowest BCUT2D eigenvalue weighted by atomic mass is 9.97. The molecule has 0 unspecified atom stereocenters. The Balaban J connectivity index is 1.48. The van der Waals surface area contributed by atoms with E-state index in [-0.39, 0.29) is 18.4 Å². The molecular weight excluding hydrogens is 554 g/mol. The number of esters is 1. The number of carbonyl (C=O) groups is 3. The molecule has 0 aliphatic heterocycles. The van der Waals surface area contributed by atoms with Gasteiger partial charge >= 0.3 is 11.9 Å². The van der Waals surface area contributed by atoms with Crippen LogP contribution in [0.3, 0.4) is 0 Å². The van der Waals surface area contributed by atoms with Crippen LogP contribution in [-0.4, -0.2) is 68.2 Å². The van der Waals surface area contributed by atoms with E-state index in [0.29, 0.717) is 16.1 Å². The molecular formula is C28H28ClN5O7. The van der Waals surface area contributed by atoms with Crippen LogP contribution in [0.25, 0.3) is 22.2 Å². The van der Waals surface area contributed by atoms with Crippen LogP contribution in [0, 0.1) is 0 Å². The molecule has 0 saturated carbocycles. The van der Waals surface area contributed by atoms with E-state index in [4.69, 9.17) is 26.9 Å². The van der Waals surface area contributed by atoms with Crippen LogP contribution in [0.2, 0.25) is 5.02 Å². The predicted molar refractivity (Wildman–Crippen MR) is 149 cm³/mol. The summed E-state index contributed by atoms with van der Waals surface area (Å²) in [4.78, 5) is 42.4. The zero-order valence-electron chi connectivity index (χ0n) is 21.9. The van der Waals surface area contributed by atoms with Crippen LogP contribution < -0.4 is 15.9 Å². The average molecular weight is 582 g/mol. The van der Waals surface area contributed by atoms with Gasteiger partial charge in [0.15, 0.2) is 6.10 Å². The number of aliphatic hydroxyl groups excluding tert-OH is 1. The third kappa shape index (κ3) is 7.78. The lowest BCUT2D eigenvalue weighted by Gasteiger charge is -2.21. The van der Waals surface area contributed by atoms with Crippen LogP contribution in [0.1, 0.15) is 29.3 Å². The second kappa shape index (κ2) is 13.2. The summed E-state index contributed by atoms with van der Waals surface area (Å²) in [6, 6.07) is 18.0. The molecule has 214 valence electrons. The second-order valence-corrected chi connectivity index (χ2v) is 9.77. The van der Waals surface area contributed by atoms with Gasteiger partial charge in [0.25, 0.3) is 12.7 Å². The molecule has 4 rings (SSSR count). The maximum atomic E-state index is 13.2. The lowest BCUT2D eigenvalue weighted by molar-refractivity contribution is -0.158. The van der Waals surface area contributed by atoms with Crippen molar-refractivity contribution >= 4 is 40.5 Å². The third-order valence-electron chi connectivity index (χ3n) is 6.15. The molecule has 0 radical (unpaired) electrons. The molecule has 1 amide bonds. The molecule has 1 aromatic heterocycles. The van der Waals surface area contributed by atoms with Crippen molar-refractivity contribution in [1.29, 1.82) is 0 Å². The lowest BCUT2D eigenvalue weighted by Crippen LogP contribution is -2.40. The number of hydrogen-bond donors (Lipinski definition) is 4. The number of fused-ring (bicyclic) bond motifs is 1. The van der Waals surface area contributed by atoms with Crippen molar-refractivity contribution in [3.05, 3.63) is 82.9 Å². The second-order valence-electron chi connectivity index (χ2n) is 9.34. The fourth-order valence-corrected chi connectivity index (χ4v) is 4.21. The van der Waals surface area contributed by atoms with E-state index in [0.717, 1.165) is 21.5 Å². The Kier molecular flexibility index (Phi) is 9.50. The number of aromatic nitrogens is 3. The van der Waals surface area contributed by atoms with E-state index in [1.807, 2.05) is 42.5 Å². The molecule has 12 nitrogen and oxygen atoms in total. The Hall–Kier alpha value is -4.52. The minimum absolute atomic E-state index is 0.211. The summed E-state index contributed by atoms with van der Waals surface area (Å²) in [5, 5.41) is 30.5. The summed E-state index contributed by atoms with van der Waals surface area (Å²) >= 11 is 6.10. The summed E-state index contributed by atoms with van der Waals surface area (Å²) in [5.41, 5.74) is 9.11. The van der Waals surface area contributed by atoms with Crippen molar-refractivity contribution in [2.45, 2.75) is 38.0 Å². The topological polar surface area (TPSA) is 179 Å². The SMILES string of the molecule is C[C@@H](N)C(=O)OCOn1nnc2ccc(C(=O)N[C@H](Cc3ccc(-c4cccc(Cl)c4)cc3)C[C@@H](O)C(=O)O)cc21.